The first-order valence-corrected chi connectivity index (χ1v) is 5.84. The molecule has 2 aliphatic rings. The second-order valence-electron chi connectivity index (χ2n) is 4.67. The Morgan fingerprint density at radius 2 is 1.71 bits per heavy atom. The first kappa shape index (κ1) is 10.5. The normalized spacial score (nSPS) is 27.7. The molecule has 1 N–H and O–H groups in total. The number of amides is 2. The number of para-hydroxylation sites is 1. The van der Waals surface area contributed by atoms with Gasteiger partial charge in [0.25, 0.3) is 0 Å². The van der Waals surface area contributed by atoms with Crippen molar-refractivity contribution < 1.29 is 9.59 Å². The van der Waals surface area contributed by atoms with Crippen LogP contribution in [0.5, 0.6) is 0 Å². The Kier molecular flexibility index (Phi) is 2.26. The third-order valence-corrected chi connectivity index (χ3v) is 3.65. The van der Waals surface area contributed by atoms with Crippen LogP contribution >= 0.6 is 0 Å². The van der Waals surface area contributed by atoms with Gasteiger partial charge in [-0.25, -0.2) is 4.90 Å². The van der Waals surface area contributed by atoms with Crippen LogP contribution in [-0.4, -0.2) is 24.9 Å². The summed E-state index contributed by atoms with van der Waals surface area (Å²) in [6.07, 6.45) is 0. The molecule has 88 valence electrons. The molecule has 2 aliphatic heterocycles. The summed E-state index contributed by atoms with van der Waals surface area (Å²) < 4.78 is 0. The minimum absolute atomic E-state index is 0.0562. The van der Waals surface area contributed by atoms with Gasteiger partial charge in [-0.1, -0.05) is 18.2 Å². The maximum atomic E-state index is 12.2. The van der Waals surface area contributed by atoms with Gasteiger partial charge in [0.15, 0.2) is 0 Å². The maximum Gasteiger partial charge on any atom is 0.239 e. The van der Waals surface area contributed by atoms with E-state index in [2.05, 4.69) is 5.32 Å². The summed E-state index contributed by atoms with van der Waals surface area (Å²) in [5, 5.41) is 3.10. The van der Waals surface area contributed by atoms with Crippen molar-refractivity contribution in [2.45, 2.75) is 6.92 Å². The van der Waals surface area contributed by atoms with Gasteiger partial charge in [0.2, 0.25) is 11.8 Å². The number of nitrogens with one attached hydrogen (secondary N) is 1. The van der Waals surface area contributed by atoms with Crippen LogP contribution in [0.2, 0.25) is 0 Å². The third kappa shape index (κ3) is 1.41. The molecule has 0 saturated carbocycles. The molecule has 0 unspecified atom stereocenters. The topological polar surface area (TPSA) is 49.4 Å². The summed E-state index contributed by atoms with van der Waals surface area (Å²) in [5.74, 6) is -0.442. The van der Waals surface area contributed by atoms with E-state index in [-0.39, 0.29) is 23.7 Å². The molecule has 4 heteroatoms. The summed E-state index contributed by atoms with van der Waals surface area (Å²) in [5.41, 5.74) is 1.69. The average molecular weight is 230 g/mol. The van der Waals surface area contributed by atoms with Crippen molar-refractivity contribution in [1.29, 1.82) is 0 Å². The van der Waals surface area contributed by atoms with E-state index in [4.69, 9.17) is 0 Å². The molecule has 0 bridgehead atoms. The highest BCUT2D eigenvalue weighted by Crippen LogP contribution is 2.34. The summed E-state index contributed by atoms with van der Waals surface area (Å²) in [6.45, 7) is 3.16. The fourth-order valence-electron chi connectivity index (χ4n) is 2.69. The maximum absolute atomic E-state index is 12.2. The molecule has 1 aromatic carbocycles. The molecule has 0 radical (unpaired) electrons. The monoisotopic (exact) mass is 230 g/mol. The standard InChI is InChI=1S/C13H14N2O2/c1-8-4-2-3-5-11(8)15-12(16)9-6-14-7-10(9)13(15)17/h2-5,9-10,14H,6-7H2,1H3/t9-,10-/m0/s1. The van der Waals surface area contributed by atoms with Crippen LogP contribution in [0.3, 0.4) is 0 Å². The number of carbonyl (C=O) groups excluding carboxylic acids is 2. The average Bonchev–Trinajstić information content (AvgIpc) is 2.87. The fourth-order valence-corrected chi connectivity index (χ4v) is 2.69. The molecule has 2 atom stereocenters. The molecule has 4 nitrogen and oxygen atoms in total. The van der Waals surface area contributed by atoms with Gasteiger partial charge in [-0.15, -0.1) is 0 Å². The van der Waals surface area contributed by atoms with E-state index in [1.165, 1.54) is 4.90 Å². The summed E-state index contributed by atoms with van der Waals surface area (Å²) in [6, 6.07) is 7.52. The molecule has 0 spiro atoms. The van der Waals surface area contributed by atoms with Gasteiger partial charge in [-0.3, -0.25) is 9.59 Å². The Morgan fingerprint density at radius 3 is 2.29 bits per heavy atom. The van der Waals surface area contributed by atoms with E-state index in [0.29, 0.717) is 13.1 Å². The minimum Gasteiger partial charge on any atom is -0.315 e. The van der Waals surface area contributed by atoms with Crippen LogP contribution in [0, 0.1) is 18.8 Å². The SMILES string of the molecule is Cc1ccccc1N1C(=O)[C@H]2CNC[C@@H]2C1=O. The van der Waals surface area contributed by atoms with E-state index in [1.807, 2.05) is 31.2 Å². The van der Waals surface area contributed by atoms with E-state index in [9.17, 15) is 9.59 Å². The molecular formula is C13H14N2O2. The van der Waals surface area contributed by atoms with Crippen molar-refractivity contribution in [1.82, 2.24) is 5.32 Å². The zero-order valence-electron chi connectivity index (χ0n) is 9.64. The van der Waals surface area contributed by atoms with Crippen LogP contribution in [0.15, 0.2) is 24.3 Å². The number of nitrogens with zero attached hydrogens (tertiary/aromatic N) is 1. The van der Waals surface area contributed by atoms with Crippen molar-refractivity contribution in [3.8, 4) is 0 Å². The van der Waals surface area contributed by atoms with Crippen molar-refractivity contribution in [2.24, 2.45) is 11.8 Å². The summed E-state index contributed by atoms with van der Waals surface area (Å²) in [7, 11) is 0. The highest BCUT2D eigenvalue weighted by molar-refractivity contribution is 6.22. The van der Waals surface area contributed by atoms with Gasteiger partial charge < -0.3 is 5.32 Å². The lowest BCUT2D eigenvalue weighted by Gasteiger charge is -2.18. The predicted octanol–water partition coefficient (Wildman–Crippen LogP) is 0.704. The molecule has 0 aliphatic carbocycles. The van der Waals surface area contributed by atoms with E-state index >= 15 is 0 Å². The lowest BCUT2D eigenvalue weighted by atomic mass is 10.00. The highest BCUT2D eigenvalue weighted by Gasteiger charge is 2.50. The zero-order valence-corrected chi connectivity index (χ0v) is 9.64. The molecule has 3 rings (SSSR count). The molecule has 17 heavy (non-hydrogen) atoms. The number of aryl methyl sites for hydroxylation is 1. The van der Waals surface area contributed by atoms with E-state index in [1.54, 1.807) is 0 Å². The molecule has 0 aromatic heterocycles. The first-order chi connectivity index (χ1) is 8.20. The van der Waals surface area contributed by atoms with Crippen molar-refractivity contribution in [3.63, 3.8) is 0 Å². The lowest BCUT2D eigenvalue weighted by molar-refractivity contribution is -0.122. The second kappa shape index (κ2) is 3.67. The van der Waals surface area contributed by atoms with Gasteiger partial charge in [-0.05, 0) is 18.6 Å². The molecule has 2 fully saturated rings. The van der Waals surface area contributed by atoms with Gasteiger partial charge >= 0.3 is 0 Å². The Balaban J connectivity index is 2.03. The largest absolute Gasteiger partial charge is 0.315 e. The Bertz CT molecular complexity index is 476. The Labute approximate surface area is 99.6 Å². The first-order valence-electron chi connectivity index (χ1n) is 5.84. The van der Waals surface area contributed by atoms with Crippen LogP contribution in [0.25, 0.3) is 0 Å². The number of benzene rings is 1. The van der Waals surface area contributed by atoms with Crippen LogP contribution in [0.1, 0.15) is 5.56 Å². The molecular weight excluding hydrogens is 216 g/mol. The van der Waals surface area contributed by atoms with Crippen molar-refractivity contribution in [3.05, 3.63) is 29.8 Å². The van der Waals surface area contributed by atoms with Crippen molar-refractivity contribution in [2.75, 3.05) is 18.0 Å². The number of imide groups is 1. The predicted molar refractivity (Wildman–Crippen MR) is 63.5 cm³/mol. The van der Waals surface area contributed by atoms with Crippen molar-refractivity contribution >= 4 is 17.5 Å². The minimum atomic E-state index is -0.165. The zero-order chi connectivity index (χ0) is 12.0. The number of carbonyl (C=O) groups is 2. The number of rotatable bonds is 1. The van der Waals surface area contributed by atoms with Gasteiger partial charge in [0.05, 0.1) is 17.5 Å². The lowest BCUT2D eigenvalue weighted by Crippen LogP contribution is -2.35. The van der Waals surface area contributed by atoms with Crippen LogP contribution in [-0.2, 0) is 9.59 Å². The molecule has 2 amide bonds. The quantitative estimate of drug-likeness (QED) is 0.723. The van der Waals surface area contributed by atoms with Gasteiger partial charge in [-0.2, -0.15) is 0 Å². The number of anilines is 1. The number of hydrogen-bond acceptors (Lipinski definition) is 3. The Hall–Kier alpha value is -1.68. The van der Waals surface area contributed by atoms with Gasteiger partial charge in [0, 0.05) is 13.1 Å². The second-order valence-corrected chi connectivity index (χ2v) is 4.67. The van der Waals surface area contributed by atoms with Gasteiger partial charge in [0.1, 0.15) is 0 Å². The fraction of sp³-hybridized carbons (Fsp3) is 0.385. The number of fused-ring (bicyclic) bond motifs is 1. The summed E-state index contributed by atoms with van der Waals surface area (Å²) in [4.78, 5) is 25.8. The third-order valence-electron chi connectivity index (χ3n) is 3.65. The van der Waals surface area contributed by atoms with E-state index in [0.717, 1.165) is 11.3 Å². The molecule has 2 saturated heterocycles. The Morgan fingerprint density at radius 1 is 1.12 bits per heavy atom. The van der Waals surface area contributed by atoms with E-state index < -0.39 is 0 Å². The highest BCUT2D eigenvalue weighted by atomic mass is 16.2. The number of hydrogen-bond donors (Lipinski definition) is 1. The molecule has 2 heterocycles. The summed E-state index contributed by atoms with van der Waals surface area (Å²) >= 11 is 0. The van der Waals surface area contributed by atoms with Crippen LogP contribution < -0.4 is 10.2 Å². The smallest absolute Gasteiger partial charge is 0.239 e. The van der Waals surface area contributed by atoms with Crippen LogP contribution in [0.4, 0.5) is 5.69 Å². The molecule has 1 aromatic rings.